The fraction of sp³-hybridized carbons (Fsp3) is 0.647. The summed E-state index contributed by atoms with van der Waals surface area (Å²) in [7, 11) is 0. The van der Waals surface area contributed by atoms with Crippen LogP contribution >= 0.6 is 0 Å². The topological polar surface area (TPSA) is 21.3 Å². The molecule has 1 N–H and O–H groups in total. The number of rotatable bonds is 7. The Bertz CT molecular complexity index is 332. The fourth-order valence-electron chi connectivity index (χ4n) is 2.77. The van der Waals surface area contributed by atoms with Gasteiger partial charge in [0, 0.05) is 12.6 Å². The molecule has 0 aliphatic heterocycles. The zero-order chi connectivity index (χ0) is 13.3. The zero-order valence-corrected chi connectivity index (χ0v) is 12.1. The van der Waals surface area contributed by atoms with E-state index >= 15 is 0 Å². The van der Waals surface area contributed by atoms with Crippen LogP contribution in [0.15, 0.2) is 30.3 Å². The van der Waals surface area contributed by atoms with E-state index in [4.69, 9.17) is 4.74 Å². The van der Waals surface area contributed by atoms with Crippen LogP contribution in [0.25, 0.3) is 0 Å². The van der Waals surface area contributed by atoms with Crippen LogP contribution in [0.1, 0.15) is 57.1 Å². The smallest absolute Gasteiger partial charge is 0.0796 e. The monoisotopic (exact) mass is 261 g/mol. The van der Waals surface area contributed by atoms with E-state index in [2.05, 4.69) is 36.5 Å². The van der Waals surface area contributed by atoms with Gasteiger partial charge in [-0.05, 0) is 38.3 Å². The third kappa shape index (κ3) is 5.33. The molecule has 0 saturated heterocycles. The summed E-state index contributed by atoms with van der Waals surface area (Å²) in [6, 6.07) is 11.2. The third-order valence-electron chi connectivity index (χ3n) is 4.00. The molecular weight excluding hydrogens is 234 g/mol. The highest BCUT2D eigenvalue weighted by atomic mass is 16.5. The molecule has 1 aliphatic rings. The third-order valence-corrected chi connectivity index (χ3v) is 4.00. The molecule has 0 radical (unpaired) electrons. The summed E-state index contributed by atoms with van der Waals surface area (Å²) in [5, 5.41) is 3.66. The van der Waals surface area contributed by atoms with Crippen molar-refractivity contribution in [1.29, 1.82) is 0 Å². The van der Waals surface area contributed by atoms with Gasteiger partial charge in [-0.3, -0.25) is 0 Å². The Labute approximate surface area is 117 Å². The number of nitrogens with one attached hydrogen (secondary N) is 1. The SMILES string of the molecule is CC(OCCCNC1CCCCC1)c1ccccc1. The van der Waals surface area contributed by atoms with Gasteiger partial charge in [-0.2, -0.15) is 0 Å². The standard InChI is InChI=1S/C17H27NO/c1-15(16-9-4-2-5-10-16)19-14-8-13-18-17-11-6-3-7-12-17/h2,4-5,9-10,15,17-18H,3,6-8,11-14H2,1H3. The van der Waals surface area contributed by atoms with Gasteiger partial charge in [0.1, 0.15) is 0 Å². The van der Waals surface area contributed by atoms with Gasteiger partial charge in [-0.1, -0.05) is 49.6 Å². The quantitative estimate of drug-likeness (QED) is 0.747. The van der Waals surface area contributed by atoms with Gasteiger partial charge < -0.3 is 10.1 Å². The Morgan fingerprint density at radius 1 is 1.16 bits per heavy atom. The van der Waals surface area contributed by atoms with Gasteiger partial charge in [0.05, 0.1) is 6.10 Å². The first-order chi connectivity index (χ1) is 9.36. The molecule has 0 heterocycles. The van der Waals surface area contributed by atoms with E-state index < -0.39 is 0 Å². The van der Waals surface area contributed by atoms with Crippen LogP contribution < -0.4 is 5.32 Å². The van der Waals surface area contributed by atoms with Gasteiger partial charge in [-0.25, -0.2) is 0 Å². The number of ether oxygens (including phenoxy) is 1. The Kier molecular flexibility index (Phi) is 6.38. The van der Waals surface area contributed by atoms with Crippen LogP contribution in [0.2, 0.25) is 0 Å². The van der Waals surface area contributed by atoms with Crippen molar-refractivity contribution >= 4 is 0 Å². The lowest BCUT2D eigenvalue weighted by molar-refractivity contribution is 0.0635. The number of benzene rings is 1. The van der Waals surface area contributed by atoms with Crippen molar-refractivity contribution in [1.82, 2.24) is 5.32 Å². The molecule has 1 atom stereocenters. The van der Waals surface area contributed by atoms with Crippen LogP contribution in [-0.2, 0) is 4.74 Å². The lowest BCUT2D eigenvalue weighted by Gasteiger charge is -2.23. The highest BCUT2D eigenvalue weighted by Crippen LogP contribution is 2.18. The summed E-state index contributed by atoms with van der Waals surface area (Å²) in [5.74, 6) is 0. The molecule has 0 amide bonds. The molecule has 19 heavy (non-hydrogen) atoms. The average molecular weight is 261 g/mol. The molecule has 1 aromatic carbocycles. The molecule has 1 fully saturated rings. The largest absolute Gasteiger partial charge is 0.374 e. The Morgan fingerprint density at radius 3 is 2.63 bits per heavy atom. The lowest BCUT2D eigenvalue weighted by Crippen LogP contribution is -2.32. The average Bonchev–Trinajstić information content (AvgIpc) is 2.49. The molecule has 1 unspecified atom stereocenters. The van der Waals surface area contributed by atoms with Gasteiger partial charge >= 0.3 is 0 Å². The molecule has 106 valence electrons. The van der Waals surface area contributed by atoms with Crippen LogP contribution in [0.4, 0.5) is 0 Å². The van der Waals surface area contributed by atoms with E-state index in [9.17, 15) is 0 Å². The summed E-state index contributed by atoms with van der Waals surface area (Å²) in [5.41, 5.74) is 1.27. The van der Waals surface area contributed by atoms with Crippen LogP contribution in [-0.4, -0.2) is 19.2 Å². The van der Waals surface area contributed by atoms with Crippen LogP contribution in [0.3, 0.4) is 0 Å². The van der Waals surface area contributed by atoms with Gasteiger partial charge in [0.25, 0.3) is 0 Å². The summed E-state index contributed by atoms with van der Waals surface area (Å²) in [4.78, 5) is 0. The van der Waals surface area contributed by atoms with Crippen molar-refractivity contribution < 1.29 is 4.74 Å². The molecule has 2 nitrogen and oxygen atoms in total. The van der Waals surface area contributed by atoms with Crippen molar-refractivity contribution in [3.05, 3.63) is 35.9 Å². The minimum absolute atomic E-state index is 0.205. The molecule has 0 bridgehead atoms. The van der Waals surface area contributed by atoms with E-state index in [1.807, 2.05) is 6.07 Å². The van der Waals surface area contributed by atoms with Gasteiger partial charge in [-0.15, -0.1) is 0 Å². The number of hydrogen-bond donors (Lipinski definition) is 1. The molecule has 1 saturated carbocycles. The summed E-state index contributed by atoms with van der Waals surface area (Å²) in [6.07, 6.45) is 8.26. The predicted molar refractivity (Wildman–Crippen MR) is 80.3 cm³/mol. The second-order valence-corrected chi connectivity index (χ2v) is 5.57. The maximum absolute atomic E-state index is 5.88. The van der Waals surface area contributed by atoms with Gasteiger partial charge in [0.15, 0.2) is 0 Å². The maximum atomic E-state index is 5.88. The van der Waals surface area contributed by atoms with Crippen molar-refractivity contribution in [2.75, 3.05) is 13.2 Å². The van der Waals surface area contributed by atoms with Crippen molar-refractivity contribution in [2.45, 2.75) is 57.6 Å². The zero-order valence-electron chi connectivity index (χ0n) is 12.1. The molecular formula is C17H27NO. The second kappa shape index (κ2) is 8.34. The molecule has 2 heteroatoms. The number of hydrogen-bond acceptors (Lipinski definition) is 2. The predicted octanol–water partition coefficient (Wildman–Crippen LogP) is 4.08. The Hall–Kier alpha value is -0.860. The highest BCUT2D eigenvalue weighted by Gasteiger charge is 2.11. The first-order valence-electron chi connectivity index (χ1n) is 7.76. The van der Waals surface area contributed by atoms with E-state index in [1.54, 1.807) is 0 Å². The highest BCUT2D eigenvalue weighted by molar-refractivity contribution is 5.16. The summed E-state index contributed by atoms with van der Waals surface area (Å²) in [6.45, 7) is 4.06. The molecule has 1 aromatic rings. The van der Waals surface area contributed by atoms with Crippen LogP contribution in [0.5, 0.6) is 0 Å². The second-order valence-electron chi connectivity index (χ2n) is 5.57. The van der Waals surface area contributed by atoms with Gasteiger partial charge in [0.2, 0.25) is 0 Å². The lowest BCUT2D eigenvalue weighted by atomic mass is 9.95. The minimum Gasteiger partial charge on any atom is -0.374 e. The van der Waals surface area contributed by atoms with Crippen LogP contribution in [0, 0.1) is 0 Å². The molecule has 0 spiro atoms. The molecule has 2 rings (SSSR count). The van der Waals surface area contributed by atoms with Crippen molar-refractivity contribution in [2.24, 2.45) is 0 Å². The molecule has 0 aromatic heterocycles. The normalized spacial score (nSPS) is 18.4. The Balaban J connectivity index is 1.54. The first-order valence-corrected chi connectivity index (χ1v) is 7.76. The van der Waals surface area contributed by atoms with E-state index in [0.29, 0.717) is 0 Å². The van der Waals surface area contributed by atoms with Crippen molar-refractivity contribution in [3.63, 3.8) is 0 Å². The minimum atomic E-state index is 0.205. The fourth-order valence-corrected chi connectivity index (χ4v) is 2.77. The van der Waals surface area contributed by atoms with E-state index in [0.717, 1.165) is 25.6 Å². The van der Waals surface area contributed by atoms with E-state index in [1.165, 1.54) is 37.7 Å². The summed E-state index contributed by atoms with van der Waals surface area (Å²) >= 11 is 0. The van der Waals surface area contributed by atoms with Crippen molar-refractivity contribution in [3.8, 4) is 0 Å². The molecule has 1 aliphatic carbocycles. The van der Waals surface area contributed by atoms with E-state index in [-0.39, 0.29) is 6.10 Å². The summed E-state index contributed by atoms with van der Waals surface area (Å²) < 4.78 is 5.88. The Morgan fingerprint density at radius 2 is 1.89 bits per heavy atom. The maximum Gasteiger partial charge on any atom is 0.0796 e. The first kappa shape index (κ1) is 14.5.